The Kier molecular flexibility index (Phi) is 4.29. The number of aromatic nitrogens is 2. The Bertz CT molecular complexity index is 1450. The Morgan fingerprint density at radius 2 is 1.35 bits per heavy atom. The third kappa shape index (κ3) is 2.95. The van der Waals surface area contributed by atoms with E-state index in [1.54, 1.807) is 61.5 Å². The first kappa shape index (κ1) is 18.6. The summed E-state index contributed by atoms with van der Waals surface area (Å²) in [7, 11) is 0. The fourth-order valence-corrected chi connectivity index (χ4v) is 3.73. The molecule has 1 aliphatic carbocycles. The van der Waals surface area contributed by atoms with Crippen molar-refractivity contribution in [1.82, 2.24) is 9.78 Å². The largest absolute Gasteiger partial charge is 0.299 e. The smallest absolute Gasteiger partial charge is 0.293 e. The molecule has 0 aliphatic heterocycles. The molecule has 7 heteroatoms. The number of nitrogens with zero attached hydrogens (tertiary/aromatic N) is 3. The van der Waals surface area contributed by atoms with Gasteiger partial charge in [0.1, 0.15) is 0 Å². The molecule has 0 unspecified atom stereocenters. The van der Waals surface area contributed by atoms with Gasteiger partial charge in [0.25, 0.3) is 5.56 Å². The number of rotatable bonds is 3. The Morgan fingerprint density at radius 3 is 2.10 bits per heavy atom. The number of aryl methyl sites for hydroxylation is 1. The molecule has 31 heavy (non-hydrogen) atoms. The third-order valence-electron chi connectivity index (χ3n) is 5.24. The molecule has 1 heterocycles. The minimum atomic E-state index is -0.356. The first-order chi connectivity index (χ1) is 15.1. The summed E-state index contributed by atoms with van der Waals surface area (Å²) >= 11 is 0. The van der Waals surface area contributed by atoms with Gasteiger partial charge < -0.3 is 0 Å². The molecule has 4 aromatic rings. The van der Waals surface area contributed by atoms with Gasteiger partial charge in [0.15, 0.2) is 17.3 Å². The molecule has 3 aromatic carbocycles. The fourth-order valence-electron chi connectivity index (χ4n) is 3.73. The number of aromatic amines is 1. The fraction of sp³-hybridized carbons (Fsp3) is 0.0417. The lowest BCUT2D eigenvalue weighted by molar-refractivity contribution is 0.0979. The van der Waals surface area contributed by atoms with Gasteiger partial charge in [0.2, 0.25) is 0 Å². The van der Waals surface area contributed by atoms with Crippen molar-refractivity contribution in [3.05, 3.63) is 111 Å². The van der Waals surface area contributed by atoms with Crippen LogP contribution in [0, 0.1) is 6.92 Å². The zero-order valence-corrected chi connectivity index (χ0v) is 16.5. The maximum Gasteiger partial charge on any atom is 0.299 e. The van der Waals surface area contributed by atoms with Crippen molar-refractivity contribution in [2.24, 2.45) is 10.2 Å². The molecule has 7 nitrogen and oxygen atoms in total. The van der Waals surface area contributed by atoms with E-state index in [1.807, 2.05) is 18.2 Å². The lowest BCUT2D eigenvalue weighted by Crippen LogP contribution is -2.20. The molecular weight excluding hydrogens is 392 g/mol. The monoisotopic (exact) mass is 408 g/mol. The van der Waals surface area contributed by atoms with Crippen LogP contribution in [0.2, 0.25) is 0 Å². The molecule has 5 rings (SSSR count). The van der Waals surface area contributed by atoms with Crippen LogP contribution in [0.25, 0.3) is 5.69 Å². The number of carbonyl (C=O) groups is 2. The van der Waals surface area contributed by atoms with Gasteiger partial charge in [-0.05, 0) is 25.1 Å². The lowest BCUT2D eigenvalue weighted by Gasteiger charge is -2.18. The van der Waals surface area contributed by atoms with E-state index in [-0.39, 0.29) is 39.6 Å². The average Bonchev–Trinajstić information content (AvgIpc) is 3.09. The maximum atomic E-state index is 13.1. The number of azo groups is 1. The normalized spacial score (nSPS) is 12.8. The van der Waals surface area contributed by atoms with Crippen molar-refractivity contribution in [2.75, 3.05) is 0 Å². The van der Waals surface area contributed by atoms with Gasteiger partial charge >= 0.3 is 0 Å². The molecule has 0 amide bonds. The number of fused-ring (bicyclic) bond motifs is 2. The number of ketones is 2. The Labute approximate surface area is 176 Å². The van der Waals surface area contributed by atoms with E-state index in [2.05, 4.69) is 15.3 Å². The summed E-state index contributed by atoms with van der Waals surface area (Å²) in [5.41, 5.74) is 2.44. The number of H-pyrrole nitrogens is 1. The van der Waals surface area contributed by atoms with Crippen LogP contribution in [0.4, 0.5) is 11.4 Å². The zero-order chi connectivity index (χ0) is 21.5. The second-order valence-corrected chi connectivity index (χ2v) is 7.17. The molecule has 1 aromatic heterocycles. The SMILES string of the molecule is Cc1[nH]n(-c2ccccc2)c(=O)c1N=Nc1cccc2c1C(=O)c1ccccc1C2=O. The predicted octanol–water partition coefficient (Wildman–Crippen LogP) is 4.66. The molecule has 1 N–H and O–H groups in total. The molecule has 150 valence electrons. The van der Waals surface area contributed by atoms with Gasteiger partial charge in [-0.25, -0.2) is 4.68 Å². The standard InChI is InChI=1S/C24H16N4O3/c1-14-21(24(31)28(27-14)15-8-3-2-4-9-15)26-25-19-13-7-12-18-20(19)23(30)17-11-6-5-10-16(17)22(18)29/h2-13,27H,1H3. The quantitative estimate of drug-likeness (QED) is 0.440. The molecule has 0 saturated carbocycles. The summed E-state index contributed by atoms with van der Waals surface area (Å²) in [5.74, 6) is -0.515. The van der Waals surface area contributed by atoms with E-state index >= 15 is 0 Å². The van der Waals surface area contributed by atoms with Gasteiger partial charge in [0.05, 0.1) is 22.6 Å². The van der Waals surface area contributed by atoms with E-state index in [9.17, 15) is 14.4 Å². The van der Waals surface area contributed by atoms with E-state index < -0.39 is 0 Å². The number of para-hydroxylation sites is 1. The number of carbonyl (C=O) groups excluding carboxylic acids is 2. The van der Waals surface area contributed by atoms with Crippen LogP contribution in [0.15, 0.2) is 87.8 Å². The van der Waals surface area contributed by atoms with Gasteiger partial charge in [-0.1, -0.05) is 54.6 Å². The van der Waals surface area contributed by atoms with E-state index in [4.69, 9.17) is 0 Å². The molecule has 0 fully saturated rings. The summed E-state index contributed by atoms with van der Waals surface area (Å²) in [4.78, 5) is 38.8. The van der Waals surface area contributed by atoms with Crippen molar-refractivity contribution in [3.63, 3.8) is 0 Å². The molecule has 0 spiro atoms. The van der Waals surface area contributed by atoms with Gasteiger partial charge in [-0.2, -0.15) is 0 Å². The van der Waals surface area contributed by atoms with Crippen LogP contribution < -0.4 is 5.56 Å². The summed E-state index contributed by atoms with van der Waals surface area (Å²) in [5, 5.41) is 11.3. The summed E-state index contributed by atoms with van der Waals surface area (Å²) in [6.45, 7) is 1.72. The first-order valence-corrected chi connectivity index (χ1v) is 9.66. The highest BCUT2D eigenvalue weighted by molar-refractivity contribution is 6.29. The summed E-state index contributed by atoms with van der Waals surface area (Å²) in [6.07, 6.45) is 0. The predicted molar refractivity (Wildman–Crippen MR) is 115 cm³/mol. The number of benzene rings is 3. The summed E-state index contributed by atoms with van der Waals surface area (Å²) < 4.78 is 1.38. The Hall–Kier alpha value is -4.39. The second-order valence-electron chi connectivity index (χ2n) is 7.17. The van der Waals surface area contributed by atoms with Crippen molar-refractivity contribution in [1.29, 1.82) is 0 Å². The summed E-state index contributed by atoms with van der Waals surface area (Å²) in [6, 6.07) is 20.7. The van der Waals surface area contributed by atoms with Crippen molar-refractivity contribution in [3.8, 4) is 5.69 Å². The van der Waals surface area contributed by atoms with Crippen LogP contribution in [-0.2, 0) is 0 Å². The van der Waals surface area contributed by atoms with Crippen LogP contribution in [0.5, 0.6) is 0 Å². The Balaban J connectivity index is 1.59. The van der Waals surface area contributed by atoms with E-state index in [1.165, 1.54) is 4.68 Å². The number of hydrogen-bond donors (Lipinski definition) is 1. The molecule has 0 saturated heterocycles. The number of nitrogens with one attached hydrogen (secondary N) is 1. The average molecular weight is 408 g/mol. The minimum Gasteiger partial charge on any atom is -0.293 e. The van der Waals surface area contributed by atoms with Gasteiger partial charge in [0, 0.05) is 16.7 Å². The van der Waals surface area contributed by atoms with Crippen LogP contribution >= 0.6 is 0 Å². The van der Waals surface area contributed by atoms with Crippen LogP contribution in [-0.4, -0.2) is 21.3 Å². The molecule has 1 aliphatic rings. The van der Waals surface area contributed by atoms with Gasteiger partial charge in [-0.3, -0.25) is 19.5 Å². The van der Waals surface area contributed by atoms with Crippen LogP contribution in [0.3, 0.4) is 0 Å². The highest BCUT2D eigenvalue weighted by Gasteiger charge is 2.31. The molecule has 0 bridgehead atoms. The minimum absolute atomic E-state index is 0.136. The third-order valence-corrected chi connectivity index (χ3v) is 5.24. The van der Waals surface area contributed by atoms with Crippen molar-refractivity contribution in [2.45, 2.75) is 6.92 Å². The molecule has 0 atom stereocenters. The highest BCUT2D eigenvalue weighted by Crippen LogP contribution is 2.34. The van der Waals surface area contributed by atoms with E-state index in [0.29, 0.717) is 22.5 Å². The second kappa shape index (κ2) is 7.14. The highest BCUT2D eigenvalue weighted by atomic mass is 16.1. The van der Waals surface area contributed by atoms with Gasteiger partial charge in [-0.15, -0.1) is 10.2 Å². The first-order valence-electron chi connectivity index (χ1n) is 9.66. The molecular formula is C24H16N4O3. The molecule has 0 radical (unpaired) electrons. The van der Waals surface area contributed by atoms with Crippen molar-refractivity contribution >= 4 is 22.9 Å². The van der Waals surface area contributed by atoms with E-state index in [0.717, 1.165) is 0 Å². The number of hydrogen-bond acceptors (Lipinski definition) is 5. The topological polar surface area (TPSA) is 96.7 Å². The lowest BCUT2D eigenvalue weighted by atomic mass is 9.83. The van der Waals surface area contributed by atoms with Crippen molar-refractivity contribution < 1.29 is 9.59 Å². The zero-order valence-electron chi connectivity index (χ0n) is 16.5. The van der Waals surface area contributed by atoms with Crippen LogP contribution in [0.1, 0.15) is 37.5 Å². The Morgan fingerprint density at radius 1 is 0.710 bits per heavy atom. The maximum absolute atomic E-state index is 13.1.